The standard InChI is InChI=1S/C49H86O6/c1-4-7-10-13-16-19-21-23-24-25-26-27-29-30-33-36-39-42-48(51)54-45-46(44-53-47(50)41-38-35-32-18-15-12-9-6-3)55-49(52)43-40-37-34-31-28-22-20-17-14-11-8-5-2/h7,10,16-17,19-20,23-24,46H,4-6,8-9,11-15,18,21-22,25-45H2,1-3H3/b10-7-,19-16-,20-17-,24-23-. The lowest BCUT2D eigenvalue weighted by atomic mass is 10.1. The third-order valence-electron chi connectivity index (χ3n) is 9.82. The maximum atomic E-state index is 12.7. The molecule has 0 saturated carbocycles. The Morgan fingerprint density at radius 3 is 1.16 bits per heavy atom. The van der Waals surface area contributed by atoms with Gasteiger partial charge in [0, 0.05) is 19.3 Å². The normalized spacial score (nSPS) is 12.4. The summed E-state index contributed by atoms with van der Waals surface area (Å²) in [5.41, 5.74) is 0. The maximum absolute atomic E-state index is 12.7. The van der Waals surface area contributed by atoms with E-state index in [1.54, 1.807) is 0 Å². The average Bonchev–Trinajstić information content (AvgIpc) is 3.18. The van der Waals surface area contributed by atoms with Gasteiger partial charge < -0.3 is 14.2 Å². The van der Waals surface area contributed by atoms with Gasteiger partial charge in [-0.05, 0) is 77.0 Å². The van der Waals surface area contributed by atoms with Crippen LogP contribution in [0.4, 0.5) is 0 Å². The molecule has 0 spiro atoms. The number of rotatable bonds is 41. The number of hydrogen-bond acceptors (Lipinski definition) is 6. The molecule has 0 fully saturated rings. The Morgan fingerprint density at radius 1 is 0.382 bits per heavy atom. The van der Waals surface area contributed by atoms with E-state index in [0.717, 1.165) is 96.3 Å². The summed E-state index contributed by atoms with van der Waals surface area (Å²) < 4.78 is 16.7. The van der Waals surface area contributed by atoms with Crippen molar-refractivity contribution in [1.82, 2.24) is 0 Å². The van der Waals surface area contributed by atoms with Gasteiger partial charge in [-0.3, -0.25) is 14.4 Å². The van der Waals surface area contributed by atoms with E-state index in [1.165, 1.54) is 89.9 Å². The summed E-state index contributed by atoms with van der Waals surface area (Å²) >= 11 is 0. The molecule has 0 aromatic carbocycles. The first-order valence-corrected chi connectivity index (χ1v) is 23.1. The summed E-state index contributed by atoms with van der Waals surface area (Å²) in [6, 6.07) is 0. The molecular formula is C49H86O6. The molecule has 0 rings (SSSR count). The third-order valence-corrected chi connectivity index (χ3v) is 9.82. The Kier molecular flexibility index (Phi) is 42.0. The van der Waals surface area contributed by atoms with Crippen LogP contribution >= 0.6 is 0 Å². The van der Waals surface area contributed by atoms with Crippen molar-refractivity contribution in [1.29, 1.82) is 0 Å². The van der Waals surface area contributed by atoms with Crippen LogP contribution in [0, 0.1) is 0 Å². The van der Waals surface area contributed by atoms with E-state index < -0.39 is 6.10 Å². The first-order valence-electron chi connectivity index (χ1n) is 23.1. The van der Waals surface area contributed by atoms with E-state index in [-0.39, 0.29) is 31.1 Å². The fraction of sp³-hybridized carbons (Fsp3) is 0.776. The highest BCUT2D eigenvalue weighted by molar-refractivity contribution is 5.71. The van der Waals surface area contributed by atoms with Crippen LogP contribution in [0.3, 0.4) is 0 Å². The first kappa shape index (κ1) is 52.4. The van der Waals surface area contributed by atoms with Crippen LogP contribution < -0.4 is 0 Å². The van der Waals surface area contributed by atoms with Crippen molar-refractivity contribution in [2.24, 2.45) is 0 Å². The number of allylic oxidation sites excluding steroid dienone is 8. The first-order chi connectivity index (χ1) is 27.0. The van der Waals surface area contributed by atoms with Crippen LogP contribution in [-0.2, 0) is 28.6 Å². The van der Waals surface area contributed by atoms with E-state index in [4.69, 9.17) is 14.2 Å². The van der Waals surface area contributed by atoms with Gasteiger partial charge in [-0.25, -0.2) is 0 Å². The predicted octanol–water partition coefficient (Wildman–Crippen LogP) is 14.8. The molecular weight excluding hydrogens is 685 g/mol. The van der Waals surface area contributed by atoms with Crippen molar-refractivity contribution in [2.45, 2.75) is 232 Å². The van der Waals surface area contributed by atoms with Crippen LogP contribution in [0.15, 0.2) is 48.6 Å². The topological polar surface area (TPSA) is 78.9 Å². The molecule has 0 heterocycles. The van der Waals surface area contributed by atoms with E-state index >= 15 is 0 Å². The Bertz CT molecular complexity index is 980. The molecule has 0 saturated heterocycles. The van der Waals surface area contributed by atoms with Crippen LogP contribution in [-0.4, -0.2) is 37.2 Å². The molecule has 1 atom stereocenters. The van der Waals surface area contributed by atoms with Gasteiger partial charge in [-0.2, -0.15) is 0 Å². The zero-order valence-electron chi connectivity index (χ0n) is 36.2. The SMILES string of the molecule is CC/C=C\C/C=C\C/C=C\CCCCCCCCCC(=O)OCC(COC(=O)CCCCCCCCCC)OC(=O)CCCCCCC/C=C\CCCCC. The molecule has 55 heavy (non-hydrogen) atoms. The molecule has 0 bridgehead atoms. The lowest BCUT2D eigenvalue weighted by Gasteiger charge is -2.18. The van der Waals surface area contributed by atoms with Gasteiger partial charge in [-0.15, -0.1) is 0 Å². The minimum Gasteiger partial charge on any atom is -0.462 e. The van der Waals surface area contributed by atoms with Gasteiger partial charge in [-0.1, -0.05) is 179 Å². The lowest BCUT2D eigenvalue weighted by molar-refractivity contribution is -0.167. The highest BCUT2D eigenvalue weighted by Crippen LogP contribution is 2.14. The highest BCUT2D eigenvalue weighted by atomic mass is 16.6. The minimum absolute atomic E-state index is 0.0788. The zero-order valence-corrected chi connectivity index (χ0v) is 36.2. The quantitative estimate of drug-likeness (QED) is 0.0267. The summed E-state index contributed by atoms with van der Waals surface area (Å²) in [5.74, 6) is -0.903. The van der Waals surface area contributed by atoms with Gasteiger partial charge in [0.25, 0.3) is 0 Å². The second-order valence-corrected chi connectivity index (χ2v) is 15.3. The van der Waals surface area contributed by atoms with Crippen molar-refractivity contribution in [2.75, 3.05) is 13.2 Å². The van der Waals surface area contributed by atoms with E-state index in [0.29, 0.717) is 19.3 Å². The molecule has 0 aliphatic carbocycles. The van der Waals surface area contributed by atoms with Crippen LogP contribution in [0.2, 0.25) is 0 Å². The lowest BCUT2D eigenvalue weighted by Crippen LogP contribution is -2.30. The molecule has 0 radical (unpaired) electrons. The van der Waals surface area contributed by atoms with Crippen molar-refractivity contribution >= 4 is 17.9 Å². The summed E-state index contributed by atoms with van der Waals surface area (Å²) in [4.78, 5) is 37.7. The second kappa shape index (κ2) is 44.1. The molecule has 6 heteroatoms. The number of carbonyl (C=O) groups is 3. The number of esters is 3. The predicted molar refractivity (Wildman–Crippen MR) is 233 cm³/mol. The molecule has 0 aromatic heterocycles. The number of hydrogen-bond donors (Lipinski definition) is 0. The molecule has 0 aliphatic rings. The van der Waals surface area contributed by atoms with E-state index in [9.17, 15) is 14.4 Å². The Morgan fingerprint density at radius 2 is 0.709 bits per heavy atom. The highest BCUT2D eigenvalue weighted by Gasteiger charge is 2.19. The fourth-order valence-electron chi connectivity index (χ4n) is 6.33. The third kappa shape index (κ3) is 42.4. The van der Waals surface area contributed by atoms with Crippen LogP contribution in [0.5, 0.6) is 0 Å². The zero-order chi connectivity index (χ0) is 40.1. The van der Waals surface area contributed by atoms with Crippen molar-refractivity contribution in [3.63, 3.8) is 0 Å². The van der Waals surface area contributed by atoms with Gasteiger partial charge in [0.2, 0.25) is 0 Å². The van der Waals surface area contributed by atoms with Crippen molar-refractivity contribution < 1.29 is 28.6 Å². The molecule has 1 unspecified atom stereocenters. The molecule has 0 N–H and O–H groups in total. The van der Waals surface area contributed by atoms with Crippen LogP contribution in [0.25, 0.3) is 0 Å². The van der Waals surface area contributed by atoms with E-state index in [2.05, 4.69) is 69.4 Å². The Balaban J connectivity index is 4.33. The molecule has 0 aromatic rings. The molecule has 6 nitrogen and oxygen atoms in total. The molecule has 0 amide bonds. The van der Waals surface area contributed by atoms with Gasteiger partial charge in [0.1, 0.15) is 13.2 Å². The average molecular weight is 771 g/mol. The monoisotopic (exact) mass is 771 g/mol. The maximum Gasteiger partial charge on any atom is 0.306 e. The summed E-state index contributed by atoms with van der Waals surface area (Å²) in [6.45, 7) is 6.45. The fourth-order valence-corrected chi connectivity index (χ4v) is 6.33. The summed E-state index contributed by atoms with van der Waals surface area (Å²) in [7, 11) is 0. The Hall–Kier alpha value is -2.63. The molecule has 318 valence electrons. The number of carbonyl (C=O) groups excluding carboxylic acids is 3. The van der Waals surface area contributed by atoms with Crippen molar-refractivity contribution in [3.8, 4) is 0 Å². The largest absolute Gasteiger partial charge is 0.462 e. The minimum atomic E-state index is -0.776. The number of unbranched alkanes of at least 4 members (excludes halogenated alkanes) is 22. The van der Waals surface area contributed by atoms with Crippen LogP contribution in [0.1, 0.15) is 226 Å². The van der Waals surface area contributed by atoms with Gasteiger partial charge in [0.15, 0.2) is 6.10 Å². The second-order valence-electron chi connectivity index (χ2n) is 15.3. The molecule has 0 aliphatic heterocycles. The van der Waals surface area contributed by atoms with Gasteiger partial charge >= 0.3 is 17.9 Å². The van der Waals surface area contributed by atoms with E-state index in [1.807, 2.05) is 0 Å². The van der Waals surface area contributed by atoms with Crippen molar-refractivity contribution in [3.05, 3.63) is 48.6 Å². The van der Waals surface area contributed by atoms with Gasteiger partial charge in [0.05, 0.1) is 0 Å². The number of ether oxygens (including phenoxy) is 3. The summed E-state index contributed by atoms with van der Waals surface area (Å²) in [5, 5.41) is 0. The Labute approximate surface area is 339 Å². The smallest absolute Gasteiger partial charge is 0.306 e. The summed E-state index contributed by atoms with van der Waals surface area (Å²) in [6.07, 6.45) is 51.0.